The number of fused-ring (bicyclic) bond motifs is 8. The van der Waals surface area contributed by atoms with Gasteiger partial charge in [0.05, 0.1) is 29.4 Å². The maximum Gasteiger partial charge on any atom is 0.189 e. The Morgan fingerprint density at radius 2 is 1.51 bits per heavy atom. The molecule has 8 bridgehead atoms. The van der Waals surface area contributed by atoms with E-state index in [1.165, 1.54) is 34.7 Å². The van der Waals surface area contributed by atoms with Crippen LogP contribution in [0.2, 0.25) is 0 Å². The Morgan fingerprint density at radius 1 is 0.849 bits per heavy atom. The molecular weight excluding hydrogens is 709 g/mol. The van der Waals surface area contributed by atoms with Crippen LogP contribution in [-0.4, -0.2) is 93.4 Å². The molecule has 0 amide bonds. The van der Waals surface area contributed by atoms with E-state index in [0.29, 0.717) is 30.8 Å². The third kappa shape index (κ3) is 7.86. The maximum atomic E-state index is 13.2. The lowest BCUT2D eigenvalue weighted by Gasteiger charge is -2.39. The number of nitrogens with one attached hydrogen (secondary N) is 2. The van der Waals surface area contributed by atoms with Crippen molar-refractivity contribution < 1.29 is 30.0 Å². The molecule has 282 valence electrons. The Hall–Kier alpha value is -3.49. The van der Waals surface area contributed by atoms with Crippen molar-refractivity contribution in [3.05, 3.63) is 75.9 Å². The van der Waals surface area contributed by atoms with E-state index in [1.54, 1.807) is 0 Å². The fourth-order valence-corrected chi connectivity index (χ4v) is 9.35. The fraction of sp³-hybridized carbons (Fsp3) is 0.439. The summed E-state index contributed by atoms with van der Waals surface area (Å²) in [6.45, 7) is 16.3. The summed E-state index contributed by atoms with van der Waals surface area (Å²) < 4.78 is 5.58. The first-order valence-corrected chi connectivity index (χ1v) is 20.2. The molecule has 3 aromatic rings. The largest absolute Gasteiger partial charge is 0.394 e. The lowest BCUT2D eigenvalue weighted by atomic mass is 9.99. The number of thioether (sulfide) groups is 2. The molecule has 0 radical (unpaired) electrons. The molecule has 1 fully saturated rings. The predicted molar refractivity (Wildman–Crippen MR) is 218 cm³/mol. The van der Waals surface area contributed by atoms with Crippen molar-refractivity contribution in [3.8, 4) is 0 Å². The number of aryl methyl sites for hydroxylation is 3. The maximum absolute atomic E-state index is 13.2. The number of carbonyl (C=O) groups is 1. The zero-order valence-electron chi connectivity index (χ0n) is 31.2. The Labute approximate surface area is 318 Å². The first kappa shape index (κ1) is 39.2. The van der Waals surface area contributed by atoms with Crippen molar-refractivity contribution in [2.75, 3.05) is 18.1 Å². The molecule has 0 unspecified atom stereocenters. The molecule has 0 aliphatic carbocycles. The third-order valence-electron chi connectivity index (χ3n) is 10.6. The van der Waals surface area contributed by atoms with Crippen LogP contribution in [0.25, 0.3) is 50.4 Å². The Morgan fingerprint density at radius 3 is 2.23 bits per heavy atom. The van der Waals surface area contributed by atoms with Crippen LogP contribution in [0.4, 0.5) is 0 Å². The van der Waals surface area contributed by atoms with Crippen LogP contribution in [0.3, 0.4) is 0 Å². The SMILES string of the molecule is C=Cc1c(C)c2cc3nc(c(C)c4cc(C)c(cc5nc(cc1[nH]2)C(C)=C5CC)[nH]4)C(CCC(=O)SCCCS[C@@H]1O[C@H](CO)[C@@H](O)[C@H](O)[C@H]1O)=C3C. The standard InChI is InChI=1S/C41H50N4O6S2/c1-8-25-22(5)31-18-34-26(9-2)21(4)30(43-34)17-32-23(6)27(37(45-32)24(7)29-15-20(3)28(42-29)16-33(25)44-31)11-12-36(47)52-13-10-14-53-41-40(50)39(49)38(48)35(19-46)51-41/h9,15-18,35,38-43,46,48-50H,2,8,10-14,19H2,1,3-7H3/t35-,38-,39+,40-,41+/m1/s1. The summed E-state index contributed by atoms with van der Waals surface area (Å²) in [6, 6.07) is 8.51. The van der Waals surface area contributed by atoms with E-state index < -0.39 is 36.5 Å². The van der Waals surface area contributed by atoms with Gasteiger partial charge in [-0.25, -0.2) is 9.97 Å². The van der Waals surface area contributed by atoms with E-state index in [-0.39, 0.29) is 5.12 Å². The van der Waals surface area contributed by atoms with E-state index in [9.17, 15) is 25.2 Å². The number of hydrogen-bond donors (Lipinski definition) is 6. The predicted octanol–water partition coefficient (Wildman–Crippen LogP) is 7.12. The molecule has 0 saturated carbocycles. The number of nitrogens with zero attached hydrogens (tertiary/aromatic N) is 2. The second-order valence-corrected chi connectivity index (χ2v) is 16.3. The summed E-state index contributed by atoms with van der Waals surface area (Å²) in [5, 5.41) is 39.9. The van der Waals surface area contributed by atoms with Gasteiger partial charge in [-0.05, 0) is 123 Å². The zero-order chi connectivity index (χ0) is 38.1. The lowest BCUT2D eigenvalue weighted by Crippen LogP contribution is -2.57. The summed E-state index contributed by atoms with van der Waals surface area (Å²) >= 11 is 2.59. The van der Waals surface area contributed by atoms with Gasteiger partial charge in [0, 0.05) is 39.8 Å². The number of aromatic nitrogens is 4. The van der Waals surface area contributed by atoms with Gasteiger partial charge in [0.15, 0.2) is 5.12 Å². The minimum Gasteiger partial charge on any atom is -0.394 e. The monoisotopic (exact) mass is 758 g/mol. The third-order valence-corrected chi connectivity index (χ3v) is 12.8. The highest BCUT2D eigenvalue weighted by atomic mass is 32.2. The number of aromatic amines is 2. The minimum absolute atomic E-state index is 0.0861. The number of allylic oxidation sites excluding steroid dienone is 4. The molecule has 6 rings (SSSR count). The summed E-state index contributed by atoms with van der Waals surface area (Å²) in [7, 11) is 0. The van der Waals surface area contributed by atoms with Gasteiger partial charge in [-0.3, -0.25) is 4.79 Å². The van der Waals surface area contributed by atoms with Gasteiger partial charge >= 0.3 is 0 Å². The smallest absolute Gasteiger partial charge is 0.189 e. The number of rotatable bonds is 11. The average molecular weight is 759 g/mol. The van der Waals surface area contributed by atoms with Crippen LogP contribution >= 0.6 is 23.5 Å². The van der Waals surface area contributed by atoms with Gasteiger partial charge in [0.1, 0.15) is 29.9 Å². The molecule has 53 heavy (non-hydrogen) atoms. The summed E-state index contributed by atoms with van der Waals surface area (Å²) in [5.74, 6) is 1.17. The minimum atomic E-state index is -1.39. The van der Waals surface area contributed by atoms with Gasteiger partial charge in [0.2, 0.25) is 0 Å². The zero-order valence-corrected chi connectivity index (χ0v) is 32.9. The van der Waals surface area contributed by atoms with Gasteiger partial charge in [-0.1, -0.05) is 31.3 Å². The van der Waals surface area contributed by atoms with E-state index in [0.717, 1.165) is 84.7 Å². The summed E-state index contributed by atoms with van der Waals surface area (Å²) in [5.41, 5.74) is 15.4. The van der Waals surface area contributed by atoms with Crippen molar-refractivity contribution in [3.63, 3.8) is 0 Å². The first-order chi connectivity index (χ1) is 25.4. The Kier molecular flexibility index (Phi) is 12.2. The van der Waals surface area contributed by atoms with Crippen LogP contribution in [0, 0.1) is 20.8 Å². The van der Waals surface area contributed by atoms with Crippen LogP contribution < -0.4 is 0 Å². The van der Waals surface area contributed by atoms with E-state index in [1.807, 2.05) is 6.08 Å². The molecule has 3 aliphatic rings. The molecule has 5 atom stereocenters. The number of H-pyrrole nitrogens is 2. The highest BCUT2D eigenvalue weighted by Gasteiger charge is 2.43. The van der Waals surface area contributed by atoms with Crippen LogP contribution in [-0.2, 0) is 9.53 Å². The highest BCUT2D eigenvalue weighted by Crippen LogP contribution is 2.38. The molecule has 0 aromatic carbocycles. The van der Waals surface area contributed by atoms with Crippen molar-refractivity contribution in [2.24, 2.45) is 0 Å². The van der Waals surface area contributed by atoms with Crippen LogP contribution in [0.15, 0.2) is 30.8 Å². The van der Waals surface area contributed by atoms with Crippen LogP contribution in [0.1, 0.15) is 91.5 Å². The van der Waals surface area contributed by atoms with E-state index >= 15 is 0 Å². The summed E-state index contributed by atoms with van der Waals surface area (Å²) in [4.78, 5) is 30.8. The molecule has 3 aromatic heterocycles. The summed E-state index contributed by atoms with van der Waals surface area (Å²) in [6.07, 6.45) is -0.633. The van der Waals surface area contributed by atoms with Crippen LogP contribution in [0.5, 0.6) is 0 Å². The Balaban J connectivity index is 1.27. The fourth-order valence-electron chi connectivity index (χ4n) is 7.28. The quantitative estimate of drug-likeness (QED) is 0.111. The highest BCUT2D eigenvalue weighted by molar-refractivity contribution is 8.13. The molecular formula is C41H50N4O6S2. The molecule has 12 heteroatoms. The molecule has 10 nitrogen and oxygen atoms in total. The molecule has 0 spiro atoms. The lowest BCUT2D eigenvalue weighted by molar-refractivity contribution is -0.205. The average Bonchev–Trinajstić information content (AvgIpc) is 3.84. The van der Waals surface area contributed by atoms with E-state index in [2.05, 4.69) is 82.4 Å². The molecule has 6 heterocycles. The van der Waals surface area contributed by atoms with Gasteiger partial charge < -0.3 is 35.1 Å². The second kappa shape index (κ2) is 16.5. The van der Waals surface area contributed by atoms with Gasteiger partial charge in [-0.2, -0.15) is 0 Å². The van der Waals surface area contributed by atoms with Gasteiger partial charge in [0.25, 0.3) is 0 Å². The van der Waals surface area contributed by atoms with Gasteiger partial charge in [-0.15, -0.1) is 11.8 Å². The van der Waals surface area contributed by atoms with Crippen molar-refractivity contribution in [1.82, 2.24) is 19.9 Å². The Bertz CT molecular complexity index is 2150. The van der Waals surface area contributed by atoms with Crippen molar-refractivity contribution >= 4 is 79.1 Å². The number of carbonyl (C=O) groups excluding carboxylic acids is 1. The number of hydrogen-bond acceptors (Lipinski definition) is 10. The van der Waals surface area contributed by atoms with Crippen molar-refractivity contribution in [2.45, 2.75) is 97.1 Å². The first-order valence-electron chi connectivity index (χ1n) is 18.2. The second-order valence-electron chi connectivity index (χ2n) is 14.0. The normalized spacial score (nSPS) is 21.8. The van der Waals surface area contributed by atoms with E-state index in [4.69, 9.17) is 14.7 Å². The number of aliphatic hydroxyl groups excluding tert-OH is 4. The molecule has 1 saturated heterocycles. The number of aliphatic hydroxyl groups is 4. The molecule has 3 aliphatic heterocycles. The number of ether oxygens (including phenoxy) is 1. The molecule has 6 N–H and O–H groups in total. The topological polar surface area (TPSA) is 165 Å². The van der Waals surface area contributed by atoms with Crippen molar-refractivity contribution in [1.29, 1.82) is 0 Å².